The summed E-state index contributed by atoms with van der Waals surface area (Å²) >= 11 is 0. The van der Waals surface area contributed by atoms with Crippen molar-refractivity contribution in [3.8, 4) is 0 Å². The molecule has 0 aromatic rings. The van der Waals surface area contributed by atoms with Gasteiger partial charge in [0.15, 0.2) is 12.2 Å². The highest BCUT2D eigenvalue weighted by atomic mass is 31.2. The number of aliphatic hydroxyl groups is 1. The first-order valence-corrected chi connectivity index (χ1v) is 37.7. The molecule has 0 aliphatic rings. The number of aliphatic hydroxyl groups excluding tert-OH is 1. The van der Waals surface area contributed by atoms with Crippen LogP contribution in [-0.4, -0.2) is 96.7 Å². The van der Waals surface area contributed by atoms with Gasteiger partial charge < -0.3 is 33.8 Å². The zero-order chi connectivity index (χ0) is 63.9. The van der Waals surface area contributed by atoms with E-state index in [0.29, 0.717) is 37.5 Å². The minimum Gasteiger partial charge on any atom is -0.462 e. The average Bonchev–Trinajstić information content (AvgIpc) is 3.55. The molecule has 3 unspecified atom stereocenters. The summed E-state index contributed by atoms with van der Waals surface area (Å²) in [6.45, 7) is 13.9. The van der Waals surface area contributed by atoms with Crippen molar-refractivity contribution in [1.82, 2.24) is 0 Å². The van der Waals surface area contributed by atoms with Gasteiger partial charge in [-0.1, -0.05) is 274 Å². The maximum absolute atomic E-state index is 13.0. The van der Waals surface area contributed by atoms with Gasteiger partial charge in [-0.05, 0) is 49.4 Å². The molecule has 0 aromatic carbocycles. The van der Waals surface area contributed by atoms with Crippen LogP contribution in [0.4, 0.5) is 0 Å². The maximum atomic E-state index is 13.0. The minimum absolute atomic E-state index is 0.102. The first kappa shape index (κ1) is 84.1. The SMILES string of the molecule is CC(C)CCCCCCCCCCCCCCCC(=O)OC[C@H](COP(=O)(O)OCC(O)COP(=O)(O)OC[C@@H](COC(=O)CCCCCCCCCCC(C)C)OC(=O)CCCCCCCCCC(C)C)OC(=O)CCCCCCCCC(C)C. The molecule has 510 valence electrons. The summed E-state index contributed by atoms with van der Waals surface area (Å²) in [6, 6.07) is 0. The molecule has 0 saturated heterocycles. The molecule has 0 rings (SSSR count). The van der Waals surface area contributed by atoms with Gasteiger partial charge in [0.05, 0.1) is 26.4 Å². The molecule has 86 heavy (non-hydrogen) atoms. The molecule has 0 bridgehead atoms. The third kappa shape index (κ3) is 60.9. The molecular weight excluding hydrogens is 1140 g/mol. The third-order valence-electron chi connectivity index (χ3n) is 15.3. The van der Waals surface area contributed by atoms with Crippen molar-refractivity contribution in [2.24, 2.45) is 23.7 Å². The van der Waals surface area contributed by atoms with Crippen LogP contribution in [0.25, 0.3) is 0 Å². The largest absolute Gasteiger partial charge is 0.472 e. The van der Waals surface area contributed by atoms with E-state index in [2.05, 4.69) is 55.4 Å². The van der Waals surface area contributed by atoms with E-state index in [4.69, 9.17) is 37.0 Å². The fraction of sp³-hybridized carbons (Fsp3) is 0.940. The number of unbranched alkanes of at least 4 members (excludes halogenated alkanes) is 30. The Balaban J connectivity index is 5.19. The number of carbonyl (C=O) groups excluding carboxylic acids is 4. The van der Waals surface area contributed by atoms with E-state index in [0.717, 1.165) is 102 Å². The predicted octanol–water partition coefficient (Wildman–Crippen LogP) is 18.5. The quantitative estimate of drug-likeness (QED) is 0.0222. The van der Waals surface area contributed by atoms with Crippen LogP contribution in [0.2, 0.25) is 0 Å². The predicted molar refractivity (Wildman–Crippen MR) is 344 cm³/mol. The number of phosphoric ester groups is 2. The Hall–Kier alpha value is -1.94. The Labute approximate surface area is 524 Å². The minimum atomic E-state index is -4.95. The molecule has 5 atom stereocenters. The second-order valence-corrected chi connectivity index (χ2v) is 29.0. The van der Waals surface area contributed by atoms with Crippen molar-refractivity contribution in [3.05, 3.63) is 0 Å². The lowest BCUT2D eigenvalue weighted by Gasteiger charge is -2.21. The van der Waals surface area contributed by atoms with Gasteiger partial charge in [-0.15, -0.1) is 0 Å². The molecule has 19 heteroatoms. The number of hydrogen-bond acceptors (Lipinski definition) is 15. The summed E-state index contributed by atoms with van der Waals surface area (Å²) in [5, 5.41) is 10.5. The topological polar surface area (TPSA) is 237 Å². The van der Waals surface area contributed by atoms with Crippen LogP contribution in [-0.2, 0) is 65.4 Å². The monoisotopic (exact) mass is 1270 g/mol. The lowest BCUT2D eigenvalue weighted by atomic mass is 10.0. The van der Waals surface area contributed by atoms with Gasteiger partial charge in [0.1, 0.15) is 19.3 Å². The lowest BCUT2D eigenvalue weighted by Crippen LogP contribution is -2.30. The molecule has 17 nitrogen and oxygen atoms in total. The Morgan fingerprint density at radius 3 is 0.721 bits per heavy atom. The van der Waals surface area contributed by atoms with E-state index < -0.39 is 97.5 Å². The van der Waals surface area contributed by atoms with Gasteiger partial charge in [0.25, 0.3) is 0 Å². The van der Waals surface area contributed by atoms with E-state index in [1.165, 1.54) is 128 Å². The number of hydrogen-bond donors (Lipinski definition) is 3. The summed E-state index contributed by atoms with van der Waals surface area (Å²) in [4.78, 5) is 72.3. The highest BCUT2D eigenvalue weighted by Crippen LogP contribution is 2.45. The maximum Gasteiger partial charge on any atom is 0.472 e. The smallest absolute Gasteiger partial charge is 0.462 e. The second kappa shape index (κ2) is 57.0. The molecule has 0 radical (unpaired) electrons. The number of phosphoric acid groups is 2. The van der Waals surface area contributed by atoms with Crippen molar-refractivity contribution < 1.29 is 80.2 Å². The van der Waals surface area contributed by atoms with Crippen LogP contribution in [0.1, 0.15) is 325 Å². The molecule has 0 aromatic heterocycles. The van der Waals surface area contributed by atoms with Crippen molar-refractivity contribution in [1.29, 1.82) is 0 Å². The first-order chi connectivity index (χ1) is 41.1. The molecule has 3 N–H and O–H groups in total. The van der Waals surface area contributed by atoms with Gasteiger partial charge in [-0.3, -0.25) is 37.3 Å². The van der Waals surface area contributed by atoms with E-state index in [1.54, 1.807) is 0 Å². The lowest BCUT2D eigenvalue weighted by molar-refractivity contribution is -0.161. The fourth-order valence-corrected chi connectivity index (χ4v) is 11.5. The van der Waals surface area contributed by atoms with Gasteiger partial charge in [0, 0.05) is 25.7 Å². The zero-order valence-electron chi connectivity index (χ0n) is 55.9. The Kier molecular flexibility index (Phi) is 55.7. The Bertz CT molecular complexity index is 1710. The molecule has 0 spiro atoms. The van der Waals surface area contributed by atoms with Crippen LogP contribution in [0.15, 0.2) is 0 Å². The summed E-state index contributed by atoms with van der Waals surface area (Å²) < 4.78 is 68.1. The van der Waals surface area contributed by atoms with E-state index in [-0.39, 0.29) is 25.7 Å². The molecule has 0 fully saturated rings. The summed E-state index contributed by atoms with van der Waals surface area (Å²) in [5.41, 5.74) is 0. The van der Waals surface area contributed by atoms with Gasteiger partial charge in [-0.2, -0.15) is 0 Å². The van der Waals surface area contributed by atoms with E-state index >= 15 is 0 Å². The Morgan fingerprint density at radius 1 is 0.291 bits per heavy atom. The highest BCUT2D eigenvalue weighted by Gasteiger charge is 2.30. The average molecular weight is 1270 g/mol. The van der Waals surface area contributed by atoms with Crippen LogP contribution >= 0.6 is 15.6 Å². The van der Waals surface area contributed by atoms with Gasteiger partial charge >= 0.3 is 39.5 Å². The van der Waals surface area contributed by atoms with Gasteiger partial charge in [-0.25, -0.2) is 9.13 Å². The van der Waals surface area contributed by atoms with Crippen LogP contribution < -0.4 is 0 Å². The summed E-state index contributed by atoms with van der Waals surface area (Å²) in [7, 11) is -9.89. The number of rotatable bonds is 64. The van der Waals surface area contributed by atoms with Crippen LogP contribution in [0.3, 0.4) is 0 Å². The molecular formula is C67H130O17P2. The number of carbonyl (C=O) groups is 4. The molecule has 0 amide bonds. The zero-order valence-corrected chi connectivity index (χ0v) is 57.7. The van der Waals surface area contributed by atoms with E-state index in [1.807, 2.05) is 0 Å². The highest BCUT2D eigenvalue weighted by molar-refractivity contribution is 7.47. The molecule has 0 saturated carbocycles. The normalized spacial score (nSPS) is 14.4. The molecule has 0 heterocycles. The third-order valence-corrected chi connectivity index (χ3v) is 17.2. The van der Waals surface area contributed by atoms with Crippen LogP contribution in [0, 0.1) is 23.7 Å². The summed E-state index contributed by atoms with van der Waals surface area (Å²) in [5.74, 6) is 0.742. The van der Waals surface area contributed by atoms with Crippen molar-refractivity contribution in [2.75, 3.05) is 39.6 Å². The number of esters is 4. The van der Waals surface area contributed by atoms with Crippen molar-refractivity contribution in [3.63, 3.8) is 0 Å². The fourth-order valence-electron chi connectivity index (χ4n) is 9.96. The Morgan fingerprint density at radius 2 is 0.488 bits per heavy atom. The van der Waals surface area contributed by atoms with Gasteiger partial charge in [0.2, 0.25) is 0 Å². The molecule has 0 aliphatic carbocycles. The van der Waals surface area contributed by atoms with Crippen molar-refractivity contribution in [2.45, 2.75) is 343 Å². The van der Waals surface area contributed by atoms with Crippen LogP contribution in [0.5, 0.6) is 0 Å². The van der Waals surface area contributed by atoms with E-state index in [9.17, 15) is 43.2 Å². The summed E-state index contributed by atoms with van der Waals surface area (Å²) in [6.07, 6.45) is 37.9. The molecule has 0 aliphatic heterocycles. The first-order valence-electron chi connectivity index (χ1n) is 34.7. The second-order valence-electron chi connectivity index (χ2n) is 26.1. The number of ether oxygens (including phenoxy) is 4. The van der Waals surface area contributed by atoms with Crippen molar-refractivity contribution >= 4 is 39.5 Å². The standard InChI is InChI=1S/C67H130O17P2/c1-57(2)43-35-27-19-14-12-10-9-11-13-15-22-31-39-47-64(69)77-54-63(84-67(72)50-42-34-26-25-30-38-46-60(7)8)56-82-86(75,76)80-52-61(68)51-79-85(73,74)81-55-62(83-66(71)49-41-33-24-18-21-29-37-45-59(5)6)53-78-65(70)48-40-32-23-17-16-20-28-36-44-58(3)4/h57-63,68H,9-56H2,1-8H3,(H,73,74)(H,75,76)/t61?,62-,63-/m1/s1.